The number of nitrogens with one attached hydrogen (secondary N) is 1. The molecule has 2 heterocycles. The molecular formula is C13H22N3O3+. The van der Waals surface area contributed by atoms with Crippen molar-refractivity contribution in [2.45, 2.75) is 45.8 Å². The highest BCUT2D eigenvalue weighted by atomic mass is 16.5. The zero-order chi connectivity index (χ0) is 14.0. The maximum Gasteiger partial charge on any atom is 0.425 e. The molecule has 0 radical (unpaired) electrons. The first kappa shape index (κ1) is 14.0. The predicted molar refractivity (Wildman–Crippen MR) is 71.6 cm³/mol. The van der Waals surface area contributed by atoms with Gasteiger partial charge in [0, 0.05) is 0 Å². The van der Waals surface area contributed by atoms with E-state index in [9.17, 15) is 9.90 Å². The first-order valence-corrected chi connectivity index (χ1v) is 6.83. The summed E-state index contributed by atoms with van der Waals surface area (Å²) in [6, 6.07) is -0.197. The van der Waals surface area contributed by atoms with Crippen LogP contribution in [0.4, 0.5) is 10.6 Å². The average molecular weight is 268 g/mol. The first-order chi connectivity index (χ1) is 9.04. The molecule has 0 aromatic carbocycles. The van der Waals surface area contributed by atoms with Gasteiger partial charge in [-0.2, -0.15) is 4.48 Å². The Labute approximate surface area is 113 Å². The fourth-order valence-corrected chi connectivity index (χ4v) is 2.55. The number of quaternary nitrogens is 1. The van der Waals surface area contributed by atoms with Gasteiger partial charge in [0.05, 0.1) is 12.1 Å². The molecule has 0 bridgehead atoms. The third kappa shape index (κ3) is 2.15. The SMILES string of the molecule is CCCC[N+]1(c2nocc2C(C)C)C(=O)NCC1O. The predicted octanol–water partition coefficient (Wildman–Crippen LogP) is 1.95. The lowest BCUT2D eigenvalue weighted by Gasteiger charge is -2.30. The van der Waals surface area contributed by atoms with Crippen molar-refractivity contribution in [2.24, 2.45) is 0 Å². The van der Waals surface area contributed by atoms with E-state index in [1.54, 1.807) is 6.26 Å². The molecule has 0 aliphatic carbocycles. The van der Waals surface area contributed by atoms with Crippen molar-refractivity contribution in [2.75, 3.05) is 13.1 Å². The molecule has 1 saturated heterocycles. The minimum Gasteiger partial charge on any atom is -0.359 e. The smallest absolute Gasteiger partial charge is 0.359 e. The van der Waals surface area contributed by atoms with Crippen molar-refractivity contribution >= 4 is 11.8 Å². The first-order valence-electron chi connectivity index (χ1n) is 6.83. The van der Waals surface area contributed by atoms with E-state index in [-0.39, 0.29) is 23.0 Å². The van der Waals surface area contributed by atoms with E-state index in [4.69, 9.17) is 4.52 Å². The molecule has 2 N–H and O–H groups in total. The van der Waals surface area contributed by atoms with Gasteiger partial charge in [-0.1, -0.05) is 27.2 Å². The van der Waals surface area contributed by atoms with E-state index in [0.717, 1.165) is 18.4 Å². The molecule has 1 aromatic heterocycles. The lowest BCUT2D eigenvalue weighted by molar-refractivity contribution is 0.0627. The van der Waals surface area contributed by atoms with Crippen LogP contribution in [0.2, 0.25) is 0 Å². The van der Waals surface area contributed by atoms with Gasteiger partial charge in [0.1, 0.15) is 12.8 Å². The van der Waals surface area contributed by atoms with Gasteiger partial charge in [-0.3, -0.25) is 5.32 Å². The molecule has 1 aromatic rings. The van der Waals surface area contributed by atoms with Crippen LogP contribution in [0.15, 0.2) is 10.8 Å². The van der Waals surface area contributed by atoms with Gasteiger partial charge < -0.3 is 9.63 Å². The zero-order valence-corrected chi connectivity index (χ0v) is 11.7. The number of hydrogen-bond donors (Lipinski definition) is 2. The maximum absolute atomic E-state index is 12.3. The second-order valence-corrected chi connectivity index (χ2v) is 5.36. The number of aliphatic hydroxyl groups excluding tert-OH is 1. The minimum atomic E-state index is -0.804. The molecule has 19 heavy (non-hydrogen) atoms. The quantitative estimate of drug-likeness (QED) is 0.800. The Hall–Kier alpha value is -1.40. The summed E-state index contributed by atoms with van der Waals surface area (Å²) in [6.45, 7) is 6.89. The van der Waals surface area contributed by atoms with Crippen LogP contribution in [0, 0.1) is 0 Å². The number of rotatable bonds is 5. The molecule has 2 rings (SSSR count). The molecule has 1 fully saturated rings. The lowest BCUT2D eigenvalue weighted by atomic mass is 10.1. The highest BCUT2D eigenvalue weighted by Crippen LogP contribution is 2.35. The summed E-state index contributed by atoms with van der Waals surface area (Å²) >= 11 is 0. The van der Waals surface area contributed by atoms with Crippen LogP contribution >= 0.6 is 0 Å². The van der Waals surface area contributed by atoms with E-state index >= 15 is 0 Å². The Morgan fingerprint density at radius 1 is 1.63 bits per heavy atom. The van der Waals surface area contributed by atoms with Gasteiger partial charge >= 0.3 is 6.03 Å². The van der Waals surface area contributed by atoms with Gasteiger partial charge in [-0.05, 0) is 17.5 Å². The Kier molecular flexibility index (Phi) is 3.91. The molecular weight excluding hydrogens is 246 g/mol. The second-order valence-electron chi connectivity index (χ2n) is 5.36. The standard InChI is InChI=1S/C13H21N3O3/c1-4-5-6-16(11(17)7-14-13(16)18)12-10(9(2)3)8-19-15-12/h8-9,11,17H,4-7H2,1-3H3/p+1. The third-order valence-electron chi connectivity index (χ3n) is 3.75. The summed E-state index contributed by atoms with van der Waals surface area (Å²) in [5.41, 5.74) is 0.882. The van der Waals surface area contributed by atoms with Crippen LogP contribution in [-0.2, 0) is 0 Å². The highest BCUT2D eigenvalue weighted by molar-refractivity contribution is 5.89. The monoisotopic (exact) mass is 268 g/mol. The topological polar surface area (TPSA) is 75.4 Å². The van der Waals surface area contributed by atoms with E-state index in [2.05, 4.69) is 17.4 Å². The van der Waals surface area contributed by atoms with Crippen molar-refractivity contribution < 1.29 is 14.4 Å². The molecule has 0 saturated carbocycles. The number of carbonyl (C=O) groups excluding carboxylic acids is 1. The van der Waals surface area contributed by atoms with Crippen LogP contribution in [0.5, 0.6) is 0 Å². The molecule has 6 heteroatoms. The Bertz CT molecular complexity index is 458. The zero-order valence-electron chi connectivity index (χ0n) is 11.7. The minimum absolute atomic E-state index is 0.155. The fraction of sp³-hybridized carbons (Fsp3) is 0.692. The molecule has 2 unspecified atom stereocenters. The molecule has 0 spiro atoms. The summed E-state index contributed by atoms with van der Waals surface area (Å²) in [7, 11) is 0. The van der Waals surface area contributed by atoms with Crippen LogP contribution in [0.25, 0.3) is 0 Å². The molecule has 1 aliphatic heterocycles. The van der Waals surface area contributed by atoms with Crippen LogP contribution < -0.4 is 9.80 Å². The Balaban J connectivity index is 2.48. The summed E-state index contributed by atoms with van der Waals surface area (Å²) < 4.78 is 4.91. The number of urea groups is 1. The third-order valence-corrected chi connectivity index (χ3v) is 3.75. The van der Waals surface area contributed by atoms with E-state index < -0.39 is 6.23 Å². The van der Waals surface area contributed by atoms with Crippen molar-refractivity contribution in [3.05, 3.63) is 11.8 Å². The number of unbranched alkanes of at least 4 members (excludes halogenated alkanes) is 1. The number of amides is 2. The molecule has 1 aliphatic rings. The normalized spacial score (nSPS) is 27.0. The highest BCUT2D eigenvalue weighted by Gasteiger charge is 2.54. The molecule has 6 nitrogen and oxygen atoms in total. The van der Waals surface area contributed by atoms with Crippen LogP contribution in [-0.4, -0.2) is 35.6 Å². The molecule has 2 amide bonds. The number of aromatic nitrogens is 1. The van der Waals surface area contributed by atoms with Crippen molar-refractivity contribution in [3.63, 3.8) is 0 Å². The van der Waals surface area contributed by atoms with Crippen LogP contribution in [0.3, 0.4) is 0 Å². The van der Waals surface area contributed by atoms with Gasteiger partial charge in [-0.15, -0.1) is 0 Å². The average Bonchev–Trinajstić information content (AvgIpc) is 2.95. The second kappa shape index (κ2) is 5.30. The molecule has 2 atom stereocenters. The fourth-order valence-electron chi connectivity index (χ4n) is 2.55. The van der Waals surface area contributed by atoms with E-state index in [0.29, 0.717) is 12.4 Å². The number of aliphatic hydroxyl groups is 1. The summed E-state index contributed by atoms with van der Waals surface area (Å²) in [5, 5.41) is 17.1. The Morgan fingerprint density at radius 3 is 2.89 bits per heavy atom. The lowest BCUT2D eigenvalue weighted by Crippen LogP contribution is -2.58. The number of carbonyl (C=O) groups is 1. The summed E-state index contributed by atoms with van der Waals surface area (Å²) in [5.74, 6) is 0.740. The van der Waals surface area contributed by atoms with E-state index in [1.807, 2.05) is 13.8 Å². The van der Waals surface area contributed by atoms with Crippen molar-refractivity contribution in [1.82, 2.24) is 15.0 Å². The number of β-amino-alcohol motifs (C(OH)–C–C–N with tert-alkyl or cyclic N) is 1. The Morgan fingerprint density at radius 2 is 2.37 bits per heavy atom. The van der Waals surface area contributed by atoms with Gasteiger partial charge in [0.25, 0.3) is 5.82 Å². The number of hydrogen-bond acceptors (Lipinski definition) is 4. The summed E-state index contributed by atoms with van der Waals surface area (Å²) in [4.78, 5) is 12.3. The van der Waals surface area contributed by atoms with Crippen LogP contribution in [0.1, 0.15) is 45.1 Å². The van der Waals surface area contributed by atoms with Crippen molar-refractivity contribution in [3.8, 4) is 0 Å². The summed E-state index contributed by atoms with van der Waals surface area (Å²) in [6.07, 6.45) is 2.57. The number of nitrogens with zero attached hydrogens (tertiary/aromatic N) is 2. The largest absolute Gasteiger partial charge is 0.425 e. The van der Waals surface area contributed by atoms with Gasteiger partial charge in [0.2, 0.25) is 6.23 Å². The maximum atomic E-state index is 12.3. The molecule has 106 valence electrons. The van der Waals surface area contributed by atoms with E-state index in [1.165, 1.54) is 0 Å². The van der Waals surface area contributed by atoms with Gasteiger partial charge in [-0.25, -0.2) is 4.79 Å². The van der Waals surface area contributed by atoms with Crippen molar-refractivity contribution in [1.29, 1.82) is 0 Å². The van der Waals surface area contributed by atoms with Gasteiger partial charge in [0.15, 0.2) is 0 Å².